The Labute approximate surface area is 132 Å². The second-order valence-electron chi connectivity index (χ2n) is 4.76. The van der Waals surface area contributed by atoms with Crippen LogP contribution in [0.15, 0.2) is 24.3 Å². The van der Waals surface area contributed by atoms with E-state index >= 15 is 0 Å². The molecular formula is C13H16BIN2O3. The van der Waals surface area contributed by atoms with Crippen LogP contribution in [-0.4, -0.2) is 48.3 Å². The summed E-state index contributed by atoms with van der Waals surface area (Å²) in [6.45, 7) is 0.629. The molecular weight excluding hydrogens is 370 g/mol. The van der Waals surface area contributed by atoms with Crippen LogP contribution in [0.3, 0.4) is 0 Å². The lowest BCUT2D eigenvalue weighted by Gasteiger charge is -2.22. The summed E-state index contributed by atoms with van der Waals surface area (Å²) >= 11 is 2.14. The highest BCUT2D eigenvalue weighted by molar-refractivity contribution is 14.1. The number of nitrogens with one attached hydrogen (secondary N) is 1. The van der Waals surface area contributed by atoms with Crippen LogP contribution in [0.1, 0.15) is 23.2 Å². The Bertz CT molecular complexity index is 512. The molecule has 1 saturated heterocycles. The van der Waals surface area contributed by atoms with Crippen LogP contribution in [0, 0.1) is 3.57 Å². The minimum absolute atomic E-state index is 0.0173. The zero-order valence-electron chi connectivity index (χ0n) is 11.0. The lowest BCUT2D eigenvalue weighted by molar-refractivity contribution is -0.129. The topological polar surface area (TPSA) is 69.6 Å². The molecule has 2 N–H and O–H groups in total. The van der Waals surface area contributed by atoms with Gasteiger partial charge in [-0.2, -0.15) is 0 Å². The molecule has 7 heteroatoms. The van der Waals surface area contributed by atoms with Gasteiger partial charge < -0.3 is 15.2 Å². The number of rotatable bonds is 4. The Balaban J connectivity index is 1.88. The first-order valence-corrected chi connectivity index (χ1v) is 7.64. The number of benzene rings is 1. The number of carbonyl (C=O) groups excluding carboxylic acids is 2. The maximum Gasteiger partial charge on any atom is 0.293 e. The molecule has 1 aliphatic heterocycles. The third-order valence-electron chi connectivity index (χ3n) is 3.40. The first-order valence-electron chi connectivity index (χ1n) is 6.56. The zero-order valence-corrected chi connectivity index (χ0v) is 13.2. The number of hydrogen-bond acceptors (Lipinski definition) is 3. The van der Waals surface area contributed by atoms with Gasteiger partial charge in [0.1, 0.15) is 0 Å². The Kier molecular flexibility index (Phi) is 5.42. The van der Waals surface area contributed by atoms with Gasteiger partial charge in [0.05, 0.1) is 6.54 Å². The first-order chi connectivity index (χ1) is 9.61. The number of hydrogen-bond donors (Lipinski definition) is 2. The quantitative estimate of drug-likeness (QED) is 0.579. The first kappa shape index (κ1) is 15.3. The molecule has 0 aromatic heterocycles. The molecule has 1 heterocycles. The van der Waals surface area contributed by atoms with Gasteiger partial charge >= 0.3 is 0 Å². The van der Waals surface area contributed by atoms with E-state index in [0.29, 0.717) is 12.1 Å². The molecule has 5 nitrogen and oxygen atoms in total. The normalized spacial score (nSPS) is 17.9. The molecule has 0 bridgehead atoms. The Morgan fingerprint density at radius 3 is 3.00 bits per heavy atom. The molecule has 106 valence electrons. The van der Waals surface area contributed by atoms with Crippen LogP contribution in [0.5, 0.6) is 0 Å². The van der Waals surface area contributed by atoms with Crippen molar-refractivity contribution in [3.05, 3.63) is 33.4 Å². The largest absolute Gasteiger partial charge is 0.452 e. The number of carbonyl (C=O) groups is 2. The number of nitrogens with zero attached hydrogens (tertiary/aromatic N) is 1. The fourth-order valence-corrected chi connectivity index (χ4v) is 2.89. The Hall–Kier alpha value is -1.09. The molecule has 0 aliphatic carbocycles. The van der Waals surface area contributed by atoms with Crippen molar-refractivity contribution in [2.24, 2.45) is 0 Å². The fourth-order valence-electron chi connectivity index (χ4n) is 2.34. The molecule has 1 fully saturated rings. The van der Waals surface area contributed by atoms with Crippen LogP contribution < -0.4 is 5.32 Å². The summed E-state index contributed by atoms with van der Waals surface area (Å²) in [6, 6.07) is 7.19. The van der Waals surface area contributed by atoms with Gasteiger partial charge in [0.2, 0.25) is 5.91 Å². The molecule has 1 unspecified atom stereocenters. The molecule has 0 spiro atoms. The average molecular weight is 386 g/mol. The number of likely N-dealkylation sites (tertiary alicyclic amines) is 1. The minimum atomic E-state index is -0.253. The standard InChI is InChI=1S/C13H16BIN2O3/c15-10-4-1-3-9(7-10)13(19)16-8-12(18)17-6-2-5-11(17)14-20/h1,3-4,7,11,14,20H,2,5-6,8H2,(H,16,19). The van der Waals surface area contributed by atoms with E-state index in [1.165, 1.54) is 0 Å². The van der Waals surface area contributed by atoms with Gasteiger partial charge in [-0.1, -0.05) is 6.07 Å². The van der Waals surface area contributed by atoms with Gasteiger partial charge in [0.15, 0.2) is 0 Å². The van der Waals surface area contributed by atoms with E-state index in [1.54, 1.807) is 23.1 Å². The van der Waals surface area contributed by atoms with Crippen molar-refractivity contribution < 1.29 is 14.6 Å². The van der Waals surface area contributed by atoms with E-state index in [9.17, 15) is 14.6 Å². The highest BCUT2D eigenvalue weighted by atomic mass is 127. The molecule has 1 aromatic rings. The average Bonchev–Trinajstić information content (AvgIpc) is 2.92. The van der Waals surface area contributed by atoms with E-state index < -0.39 is 0 Å². The van der Waals surface area contributed by atoms with Crippen molar-refractivity contribution in [3.63, 3.8) is 0 Å². The predicted molar refractivity (Wildman–Crippen MR) is 85.6 cm³/mol. The van der Waals surface area contributed by atoms with E-state index in [-0.39, 0.29) is 31.8 Å². The molecule has 0 radical (unpaired) electrons. The maximum atomic E-state index is 12.0. The summed E-state index contributed by atoms with van der Waals surface area (Å²) in [4.78, 5) is 25.6. The highest BCUT2D eigenvalue weighted by Crippen LogP contribution is 2.15. The van der Waals surface area contributed by atoms with Gasteiger partial charge in [-0.15, -0.1) is 0 Å². The lowest BCUT2D eigenvalue weighted by atomic mass is 9.86. The Morgan fingerprint density at radius 2 is 2.30 bits per heavy atom. The molecule has 20 heavy (non-hydrogen) atoms. The lowest BCUT2D eigenvalue weighted by Crippen LogP contribution is -2.44. The van der Waals surface area contributed by atoms with Crippen molar-refractivity contribution >= 4 is 41.9 Å². The second kappa shape index (κ2) is 7.08. The van der Waals surface area contributed by atoms with E-state index in [4.69, 9.17) is 0 Å². The third kappa shape index (κ3) is 3.72. The van der Waals surface area contributed by atoms with Gasteiger partial charge in [-0.25, -0.2) is 0 Å². The summed E-state index contributed by atoms with van der Waals surface area (Å²) in [5.74, 6) is -0.491. The van der Waals surface area contributed by atoms with E-state index in [1.807, 2.05) is 6.07 Å². The van der Waals surface area contributed by atoms with Crippen LogP contribution in [0.4, 0.5) is 0 Å². The highest BCUT2D eigenvalue weighted by Gasteiger charge is 2.28. The maximum absolute atomic E-state index is 12.0. The van der Waals surface area contributed by atoms with Gasteiger partial charge in [-0.05, 0) is 53.6 Å². The van der Waals surface area contributed by atoms with Gasteiger partial charge in [0.25, 0.3) is 13.4 Å². The molecule has 1 aliphatic rings. The molecule has 1 aromatic carbocycles. The second-order valence-corrected chi connectivity index (χ2v) is 6.00. The summed E-state index contributed by atoms with van der Waals surface area (Å²) < 4.78 is 0.974. The molecule has 0 saturated carbocycles. The summed E-state index contributed by atoms with van der Waals surface area (Å²) in [5, 5.41) is 11.8. The van der Waals surface area contributed by atoms with Crippen LogP contribution in [0.2, 0.25) is 0 Å². The molecule has 1 atom stereocenters. The summed E-state index contributed by atoms with van der Waals surface area (Å²) in [7, 11) is -0.0173. The van der Waals surface area contributed by atoms with Crippen molar-refractivity contribution in [3.8, 4) is 0 Å². The van der Waals surface area contributed by atoms with Crippen molar-refractivity contribution in [2.75, 3.05) is 13.1 Å². The monoisotopic (exact) mass is 386 g/mol. The van der Waals surface area contributed by atoms with E-state index in [2.05, 4.69) is 27.9 Å². The SMILES string of the molecule is O=C(NCC(=O)N1CCCC1BO)c1cccc(I)c1. The zero-order chi connectivity index (χ0) is 14.5. The summed E-state index contributed by atoms with van der Waals surface area (Å²) in [6.07, 6.45) is 1.73. The van der Waals surface area contributed by atoms with Crippen molar-refractivity contribution in [1.29, 1.82) is 0 Å². The fraction of sp³-hybridized carbons (Fsp3) is 0.385. The van der Waals surface area contributed by atoms with Crippen molar-refractivity contribution in [1.82, 2.24) is 10.2 Å². The Morgan fingerprint density at radius 1 is 1.50 bits per heavy atom. The van der Waals surface area contributed by atoms with Gasteiger partial charge in [-0.3, -0.25) is 9.59 Å². The smallest absolute Gasteiger partial charge is 0.293 e. The van der Waals surface area contributed by atoms with Crippen LogP contribution in [-0.2, 0) is 4.79 Å². The minimum Gasteiger partial charge on any atom is -0.452 e. The van der Waals surface area contributed by atoms with Gasteiger partial charge in [0, 0.05) is 21.6 Å². The molecule has 2 rings (SSSR count). The van der Waals surface area contributed by atoms with Crippen molar-refractivity contribution in [2.45, 2.75) is 18.8 Å². The number of amides is 2. The number of halogens is 1. The third-order valence-corrected chi connectivity index (χ3v) is 4.07. The summed E-state index contributed by atoms with van der Waals surface area (Å²) in [5.41, 5.74) is 0.546. The predicted octanol–water partition coefficient (Wildman–Crippen LogP) is 0.313. The van der Waals surface area contributed by atoms with E-state index in [0.717, 1.165) is 16.4 Å². The van der Waals surface area contributed by atoms with Crippen LogP contribution >= 0.6 is 22.6 Å². The van der Waals surface area contributed by atoms with Crippen LogP contribution in [0.25, 0.3) is 0 Å². The molecule has 2 amide bonds.